The smallest absolute Gasteiger partial charge is 0.278 e. The Morgan fingerprint density at radius 1 is 1.38 bits per heavy atom. The average molecular weight is 284 g/mol. The molecule has 5 heteroatoms. The summed E-state index contributed by atoms with van der Waals surface area (Å²) in [7, 11) is 0. The highest BCUT2D eigenvalue weighted by Gasteiger charge is 2.30. The van der Waals surface area contributed by atoms with Gasteiger partial charge in [0.05, 0.1) is 11.4 Å². The van der Waals surface area contributed by atoms with Gasteiger partial charge in [0.25, 0.3) is 5.91 Å². The van der Waals surface area contributed by atoms with E-state index in [0.717, 1.165) is 29.8 Å². The lowest BCUT2D eigenvalue weighted by molar-refractivity contribution is 0.102. The Kier molecular flexibility index (Phi) is 3.41. The van der Waals surface area contributed by atoms with Gasteiger partial charge in [-0.2, -0.15) is 5.10 Å². The maximum absolute atomic E-state index is 12.4. The Morgan fingerprint density at radius 2 is 2.10 bits per heavy atom. The van der Waals surface area contributed by atoms with Crippen LogP contribution in [0.4, 0.5) is 11.4 Å². The molecule has 3 rings (SSSR count). The highest BCUT2D eigenvalue weighted by molar-refractivity contribution is 6.07. The number of amides is 1. The molecule has 1 aliphatic carbocycles. The summed E-state index contributed by atoms with van der Waals surface area (Å²) in [5.41, 5.74) is 9.63. The number of nitrogen functional groups attached to an aromatic ring is 1. The zero-order valence-corrected chi connectivity index (χ0v) is 12.3. The van der Waals surface area contributed by atoms with Crippen LogP contribution in [0.25, 0.3) is 0 Å². The summed E-state index contributed by atoms with van der Waals surface area (Å²) in [6, 6.07) is 7.80. The molecule has 110 valence electrons. The molecule has 0 aliphatic heterocycles. The predicted octanol–water partition coefficient (Wildman–Crippen LogP) is 3.25. The van der Waals surface area contributed by atoms with Crippen molar-refractivity contribution < 1.29 is 4.79 Å². The zero-order chi connectivity index (χ0) is 15.0. The molecule has 1 aromatic carbocycles. The van der Waals surface area contributed by atoms with Gasteiger partial charge in [-0.25, -0.2) is 0 Å². The maximum Gasteiger partial charge on any atom is 0.278 e. The van der Waals surface area contributed by atoms with Crippen LogP contribution in [0.3, 0.4) is 0 Å². The molecule has 0 spiro atoms. The molecule has 0 saturated heterocycles. The van der Waals surface area contributed by atoms with Crippen molar-refractivity contribution >= 4 is 17.3 Å². The van der Waals surface area contributed by atoms with Crippen LogP contribution in [0.15, 0.2) is 24.3 Å². The summed E-state index contributed by atoms with van der Waals surface area (Å²) < 4.78 is 0. The van der Waals surface area contributed by atoms with Crippen LogP contribution in [-0.2, 0) is 0 Å². The van der Waals surface area contributed by atoms with Gasteiger partial charge in [-0.15, -0.1) is 0 Å². The first-order valence-corrected chi connectivity index (χ1v) is 7.32. The van der Waals surface area contributed by atoms with Gasteiger partial charge in [-0.3, -0.25) is 9.89 Å². The van der Waals surface area contributed by atoms with E-state index in [2.05, 4.69) is 29.4 Å². The van der Waals surface area contributed by atoms with Crippen LogP contribution < -0.4 is 11.1 Å². The summed E-state index contributed by atoms with van der Waals surface area (Å²) >= 11 is 0. The molecule has 1 heterocycles. The fourth-order valence-corrected chi connectivity index (χ4v) is 2.52. The minimum Gasteiger partial charge on any atom is -0.395 e. The highest BCUT2D eigenvalue weighted by atomic mass is 16.2. The number of rotatable bonds is 4. The van der Waals surface area contributed by atoms with Crippen molar-refractivity contribution in [2.24, 2.45) is 0 Å². The Hall–Kier alpha value is -2.30. The van der Waals surface area contributed by atoms with E-state index >= 15 is 0 Å². The van der Waals surface area contributed by atoms with Crippen molar-refractivity contribution in [2.45, 2.75) is 38.5 Å². The number of aromatic amines is 1. The van der Waals surface area contributed by atoms with Gasteiger partial charge in [0, 0.05) is 11.6 Å². The van der Waals surface area contributed by atoms with E-state index < -0.39 is 0 Å². The third-order valence-electron chi connectivity index (χ3n) is 3.87. The monoisotopic (exact) mass is 284 g/mol. The second-order valence-corrected chi connectivity index (χ2v) is 5.87. The molecule has 0 atom stereocenters. The number of benzene rings is 1. The summed E-state index contributed by atoms with van der Waals surface area (Å²) in [5, 5.41) is 9.91. The summed E-state index contributed by atoms with van der Waals surface area (Å²) in [6.07, 6.45) is 2.23. The molecular formula is C16H20N4O. The number of aromatic nitrogens is 2. The Labute approximate surface area is 123 Å². The maximum atomic E-state index is 12.4. The lowest BCUT2D eigenvalue weighted by atomic mass is 10.0. The number of nitrogens with two attached hydrogens (primary N) is 1. The van der Waals surface area contributed by atoms with Crippen LogP contribution in [0, 0.1) is 0 Å². The largest absolute Gasteiger partial charge is 0.395 e. The third kappa shape index (κ3) is 2.63. The fourth-order valence-electron chi connectivity index (χ4n) is 2.52. The number of carbonyl (C=O) groups is 1. The van der Waals surface area contributed by atoms with E-state index in [0.29, 0.717) is 17.5 Å². The van der Waals surface area contributed by atoms with Gasteiger partial charge in [-0.05, 0) is 30.4 Å². The number of nitrogens with zero attached hydrogens (tertiary/aromatic N) is 1. The molecule has 0 radical (unpaired) electrons. The van der Waals surface area contributed by atoms with E-state index in [4.69, 9.17) is 5.73 Å². The molecule has 1 aliphatic rings. The minimum absolute atomic E-state index is 0.260. The van der Waals surface area contributed by atoms with Crippen molar-refractivity contribution in [3.8, 4) is 0 Å². The number of hydrogen-bond acceptors (Lipinski definition) is 3. The predicted molar refractivity (Wildman–Crippen MR) is 83.5 cm³/mol. The molecule has 5 nitrogen and oxygen atoms in total. The van der Waals surface area contributed by atoms with Crippen molar-refractivity contribution in [1.29, 1.82) is 0 Å². The highest BCUT2D eigenvalue weighted by Crippen LogP contribution is 2.42. The zero-order valence-electron chi connectivity index (χ0n) is 12.3. The lowest BCUT2D eigenvalue weighted by Crippen LogP contribution is -2.15. The van der Waals surface area contributed by atoms with Crippen molar-refractivity contribution in [1.82, 2.24) is 10.2 Å². The van der Waals surface area contributed by atoms with Gasteiger partial charge >= 0.3 is 0 Å². The molecule has 2 aromatic rings. The molecular weight excluding hydrogens is 264 g/mol. The van der Waals surface area contributed by atoms with Gasteiger partial charge in [-0.1, -0.05) is 32.0 Å². The van der Waals surface area contributed by atoms with Gasteiger partial charge in [0.2, 0.25) is 0 Å². The van der Waals surface area contributed by atoms with E-state index in [1.165, 1.54) is 0 Å². The number of anilines is 2. The van der Waals surface area contributed by atoms with E-state index in [1.807, 2.05) is 24.3 Å². The number of hydrogen-bond donors (Lipinski definition) is 3. The first kappa shape index (κ1) is 13.7. The first-order chi connectivity index (χ1) is 10.1. The van der Waals surface area contributed by atoms with Crippen molar-refractivity contribution in [3.63, 3.8) is 0 Å². The van der Waals surface area contributed by atoms with Crippen LogP contribution >= 0.6 is 0 Å². The Morgan fingerprint density at radius 3 is 2.76 bits per heavy atom. The molecule has 0 unspecified atom stereocenters. The molecule has 0 bridgehead atoms. The second kappa shape index (κ2) is 5.24. The van der Waals surface area contributed by atoms with Crippen LogP contribution in [0.1, 0.15) is 60.3 Å². The lowest BCUT2D eigenvalue weighted by Gasteiger charge is -2.13. The molecule has 1 saturated carbocycles. The number of H-pyrrole nitrogens is 1. The van der Waals surface area contributed by atoms with Gasteiger partial charge in [0.15, 0.2) is 5.69 Å². The molecule has 4 N–H and O–H groups in total. The van der Waals surface area contributed by atoms with Gasteiger partial charge in [0.1, 0.15) is 0 Å². The van der Waals surface area contributed by atoms with Crippen molar-refractivity contribution in [3.05, 3.63) is 41.2 Å². The van der Waals surface area contributed by atoms with Crippen molar-refractivity contribution in [2.75, 3.05) is 11.1 Å². The third-order valence-corrected chi connectivity index (χ3v) is 3.87. The fraction of sp³-hybridized carbons (Fsp3) is 0.375. The quantitative estimate of drug-likeness (QED) is 0.805. The molecule has 1 amide bonds. The summed E-state index contributed by atoms with van der Waals surface area (Å²) in [4.78, 5) is 12.4. The second-order valence-electron chi connectivity index (χ2n) is 5.87. The standard InChI is InChI=1S/C16H20N4O/c1-9(2)11-5-3-4-6-12(11)18-16(21)15-13(17)14(19-20-15)10-7-8-10/h3-6,9-10H,7-8,17H2,1-2H3,(H,18,21)(H,19,20). The van der Waals surface area contributed by atoms with Crippen LogP contribution in [0.2, 0.25) is 0 Å². The summed E-state index contributed by atoms with van der Waals surface area (Å²) in [5.74, 6) is 0.519. The minimum atomic E-state index is -0.260. The van der Waals surface area contributed by atoms with E-state index in [-0.39, 0.29) is 11.6 Å². The topological polar surface area (TPSA) is 83.8 Å². The van der Waals surface area contributed by atoms with Crippen LogP contribution in [0.5, 0.6) is 0 Å². The molecule has 21 heavy (non-hydrogen) atoms. The van der Waals surface area contributed by atoms with E-state index in [1.54, 1.807) is 0 Å². The SMILES string of the molecule is CC(C)c1ccccc1NC(=O)c1n[nH]c(C2CC2)c1N. The average Bonchev–Trinajstić information content (AvgIpc) is 3.22. The van der Waals surface area contributed by atoms with E-state index in [9.17, 15) is 4.79 Å². The molecule has 1 fully saturated rings. The Balaban J connectivity index is 1.84. The first-order valence-electron chi connectivity index (χ1n) is 7.32. The normalized spacial score (nSPS) is 14.4. The number of para-hydroxylation sites is 1. The number of carbonyl (C=O) groups excluding carboxylic acids is 1. The summed E-state index contributed by atoms with van der Waals surface area (Å²) in [6.45, 7) is 4.19. The van der Waals surface area contributed by atoms with Gasteiger partial charge < -0.3 is 11.1 Å². The Bertz CT molecular complexity index is 671. The van der Waals surface area contributed by atoms with Crippen LogP contribution in [-0.4, -0.2) is 16.1 Å². The number of nitrogens with one attached hydrogen (secondary N) is 2. The molecule has 1 aromatic heterocycles.